The average Bonchev–Trinajstić information content (AvgIpc) is 1.79. The van der Waals surface area contributed by atoms with E-state index in [9.17, 15) is 0 Å². The highest BCUT2D eigenvalue weighted by atomic mass is 14.8. The van der Waals surface area contributed by atoms with Crippen molar-refractivity contribution in [1.29, 1.82) is 0 Å². The Hall–Kier alpha value is -9.62. The zero-order valence-electron chi connectivity index (χ0n) is 41.7. The molecule has 340 valence electrons. The van der Waals surface area contributed by atoms with Crippen molar-refractivity contribution < 1.29 is 0 Å². The van der Waals surface area contributed by atoms with E-state index in [0.29, 0.717) is 0 Å². The van der Waals surface area contributed by atoms with Gasteiger partial charge in [-0.25, -0.2) is 0 Å². The molecule has 0 heterocycles. The van der Waals surface area contributed by atoms with Gasteiger partial charge in [-0.15, -0.1) is 0 Å². The van der Waals surface area contributed by atoms with Crippen LogP contribution in [-0.4, -0.2) is 0 Å². The van der Waals surface area contributed by atoms with Crippen LogP contribution < -0.4 is 0 Å². The van der Waals surface area contributed by atoms with Gasteiger partial charge in [-0.3, -0.25) is 0 Å². The van der Waals surface area contributed by atoms with Gasteiger partial charge in [0, 0.05) is 16.7 Å². The Labute approximate surface area is 443 Å². The maximum Gasteiger partial charge on any atom is 0.0729 e. The van der Waals surface area contributed by atoms with Crippen LogP contribution >= 0.6 is 0 Å². The Morgan fingerprint density at radius 1 is 0.250 bits per heavy atom. The van der Waals surface area contributed by atoms with Crippen LogP contribution in [-0.2, 0) is 29.1 Å². The van der Waals surface area contributed by atoms with Gasteiger partial charge in [0.25, 0.3) is 0 Å². The van der Waals surface area contributed by atoms with Crippen molar-refractivity contribution in [1.82, 2.24) is 0 Å². The maximum absolute atomic E-state index is 2.64. The van der Waals surface area contributed by atoms with E-state index in [2.05, 4.69) is 91.0 Å². The third-order valence-electron chi connectivity index (χ3n) is 28.1. The van der Waals surface area contributed by atoms with Gasteiger partial charge in [0.1, 0.15) is 0 Å². The lowest BCUT2D eigenvalue weighted by atomic mass is 9.44. The summed E-state index contributed by atoms with van der Waals surface area (Å²) in [5.74, 6) is 0.190. The second-order valence-electron chi connectivity index (χ2n) is 28.8. The molecule has 35 rings (SSSR count). The molecule has 0 radical (unpaired) electrons. The van der Waals surface area contributed by atoms with Crippen molar-refractivity contribution in [3.63, 3.8) is 0 Å². The van der Waals surface area contributed by atoms with Crippen molar-refractivity contribution in [2.24, 2.45) is 0 Å². The van der Waals surface area contributed by atoms with Gasteiger partial charge in [-0.1, -0.05) is 91.0 Å². The number of hydrogen-bond acceptors (Lipinski definition) is 0. The molecule has 0 spiro atoms. The Morgan fingerprint density at radius 3 is 1.02 bits per heavy atom. The molecule has 4 atom stereocenters. The lowest BCUT2D eigenvalue weighted by Crippen LogP contribution is -2.52. The van der Waals surface area contributed by atoms with Crippen LogP contribution in [0, 0.1) is 0 Å². The summed E-state index contributed by atoms with van der Waals surface area (Å²) in [5.41, 5.74) is 20.9. The molecule has 0 saturated carbocycles. The fourth-order valence-corrected chi connectivity index (χ4v) is 27.8. The normalized spacial score (nSPS) is 24.1. The molecule has 0 amide bonds. The number of allylic oxidation sites excluding steroid dienone is 2. The first-order chi connectivity index (χ1) is 39.9. The zero-order chi connectivity index (χ0) is 48.2. The monoisotopic (exact) mass is 980 g/mol. The molecule has 0 fully saturated rings. The van der Waals surface area contributed by atoms with Crippen LogP contribution in [0.1, 0.15) is 67.1 Å². The zero-order valence-corrected chi connectivity index (χ0v) is 41.7. The van der Waals surface area contributed by atoms with Crippen molar-refractivity contribution in [2.75, 3.05) is 0 Å². The molecule has 0 nitrogen and oxygen atoms in total. The van der Waals surface area contributed by atoms with Crippen LogP contribution in [0.2, 0.25) is 0 Å². The third-order valence-corrected chi connectivity index (χ3v) is 28.1. The molecule has 0 unspecified atom stereocenters. The van der Waals surface area contributed by atoms with E-state index in [1.54, 1.807) is 298 Å². The summed E-state index contributed by atoms with van der Waals surface area (Å²) in [6.07, 6.45) is 2.02. The van der Waals surface area contributed by atoms with Crippen LogP contribution in [0.4, 0.5) is 0 Å². The largest absolute Gasteiger partial charge is 0.0729 e. The molecular weight excluding hydrogens is 961 g/mol. The van der Waals surface area contributed by atoms with Gasteiger partial charge in [-0.05, 0) is 333 Å². The summed E-state index contributed by atoms with van der Waals surface area (Å²) in [7, 11) is 0. The van der Waals surface area contributed by atoms with Crippen LogP contribution in [0.3, 0.4) is 0 Å². The Kier molecular flexibility index (Phi) is 3.05. The van der Waals surface area contributed by atoms with Gasteiger partial charge in [0.15, 0.2) is 0 Å². The van der Waals surface area contributed by atoms with Gasteiger partial charge >= 0.3 is 0 Å². The lowest BCUT2D eigenvalue weighted by Gasteiger charge is -2.57. The molecule has 0 aliphatic heterocycles. The molecule has 27 aromatic carbocycles. The fraction of sp³-hybridized carbons (Fsp3) is 0.0750. The molecule has 8 aliphatic carbocycles. The van der Waals surface area contributed by atoms with Crippen molar-refractivity contribution in [2.45, 2.75) is 35.0 Å². The Balaban J connectivity index is 1.09. The molecule has 0 N–H and O–H groups in total. The van der Waals surface area contributed by atoms with Crippen LogP contribution in [0.25, 0.3) is 253 Å². The van der Waals surface area contributed by atoms with Gasteiger partial charge < -0.3 is 0 Å². The average molecular weight is 981 g/mol. The van der Waals surface area contributed by atoms with E-state index < -0.39 is 5.41 Å². The number of rotatable bonds is 5. The smallest absolute Gasteiger partial charge is 0.0622 e. The van der Waals surface area contributed by atoms with Gasteiger partial charge in [-0.2, -0.15) is 0 Å². The summed E-state index contributed by atoms with van der Waals surface area (Å²) >= 11 is 0. The number of benzene rings is 19. The summed E-state index contributed by atoms with van der Waals surface area (Å²) in [6.45, 7) is 0. The topological polar surface area (TPSA) is 0 Å². The standard InChI is InChI=1S/C80H20/c1-4-10-18(11-5-1)16-78-69-59-49-43-29-27-22-21-23-25-26-24(21)32-34-28(22)30(29)44-46-45(43)57(59)66-68-58(46)60-50(44)48(34)52-38(32)42-36(26)41-40-35(25)39-37-31(23)33(27)47(49)51(37)61(69)63-53(39)54(40)64-65-55(41)56(42)67-62(52)70(60)80(20-14-8-3-9-15-20)75(67)73(65)79(72(64)71(63)78,77(74(66)78)76(68)80)17-19-12-6-2-7-13-19/h1-15,74H,16-17H2/t74-,78+,79+,80+/m0/s1. The predicted molar refractivity (Wildman–Crippen MR) is 333 cm³/mol. The molecular formula is C80H20. The van der Waals surface area contributed by atoms with Crippen LogP contribution in [0.5, 0.6) is 0 Å². The maximum atomic E-state index is 2.64. The van der Waals surface area contributed by atoms with E-state index in [-0.39, 0.29) is 16.7 Å². The first kappa shape index (κ1) is 31.7. The minimum atomic E-state index is -0.469. The fourth-order valence-electron chi connectivity index (χ4n) is 27.8. The van der Waals surface area contributed by atoms with E-state index in [4.69, 9.17) is 0 Å². The van der Waals surface area contributed by atoms with Crippen LogP contribution in [0.15, 0.2) is 96.6 Å². The highest BCUT2D eigenvalue weighted by molar-refractivity contribution is 6.79. The quantitative estimate of drug-likeness (QED) is 0.151. The van der Waals surface area contributed by atoms with E-state index in [1.165, 1.54) is 16.7 Å². The van der Waals surface area contributed by atoms with Gasteiger partial charge in [0.2, 0.25) is 0 Å². The Morgan fingerprint density at radius 2 is 0.562 bits per heavy atom. The van der Waals surface area contributed by atoms with E-state index >= 15 is 0 Å². The highest BCUT2D eigenvalue weighted by Gasteiger charge is 2.75. The van der Waals surface area contributed by atoms with Crippen molar-refractivity contribution in [3.05, 3.63) is 158 Å². The predicted octanol–water partition coefficient (Wildman–Crippen LogP) is 20.1. The van der Waals surface area contributed by atoms with E-state index in [0.717, 1.165) is 12.8 Å². The molecule has 80 heavy (non-hydrogen) atoms. The molecule has 8 aliphatic rings. The number of hydrogen-bond donors (Lipinski definition) is 0. The molecule has 0 heteroatoms. The minimum Gasteiger partial charge on any atom is -0.0622 e. The third kappa shape index (κ3) is 1.86. The minimum absolute atomic E-state index is 0.190. The Bertz CT molecular complexity index is 7930. The first-order valence-corrected chi connectivity index (χ1v) is 30.0. The summed E-state index contributed by atoms with van der Waals surface area (Å²) in [5, 5.41) is 76.6. The molecule has 0 aromatic heterocycles. The molecule has 0 saturated heterocycles. The second kappa shape index (κ2) is 7.69. The van der Waals surface area contributed by atoms with E-state index in [1.807, 2.05) is 5.57 Å². The first-order valence-electron chi connectivity index (χ1n) is 30.0. The molecule has 0 bridgehead atoms. The van der Waals surface area contributed by atoms with Gasteiger partial charge in [0.05, 0.1) is 5.41 Å². The summed E-state index contributed by atoms with van der Waals surface area (Å²) < 4.78 is 0. The SMILES string of the molecule is c1ccc(C[C@@]23C4=C5c6c7c8c9c%10c%11c%12c(c2c2c%13c3c3c%14c%15c(c%16c6c6c8c8c9c9c%11c%11c%17c%12c2c2c%12c%13c%14c%13c%14c%15c%15c%16c6c6c8c8c9c%11c9c(c2%17)c(c%12%13)c2c%14c%15c6c8c29)[C@@]53c2ccccc2)[C@]%10(Cc2ccccc2)[C@H]47)cc1. The second-order valence-corrected chi connectivity index (χ2v) is 28.8. The van der Waals surface area contributed by atoms with Crippen molar-refractivity contribution >= 4 is 253 Å². The lowest BCUT2D eigenvalue weighted by molar-refractivity contribution is 0.381. The van der Waals surface area contributed by atoms with Crippen molar-refractivity contribution in [3.8, 4) is 0 Å². The molecule has 27 aromatic rings. The highest BCUT2D eigenvalue weighted by Crippen LogP contribution is 2.89. The summed E-state index contributed by atoms with van der Waals surface area (Å²) in [6, 6.07) is 36.7. The summed E-state index contributed by atoms with van der Waals surface area (Å²) in [4.78, 5) is 0.